The average Bonchev–Trinajstić information content (AvgIpc) is 2.64. The van der Waals surface area contributed by atoms with Crippen molar-refractivity contribution in [3.05, 3.63) is 59.7 Å². The number of hydrogen-bond acceptors (Lipinski definition) is 4. The molecule has 1 aliphatic rings. The van der Waals surface area contributed by atoms with Gasteiger partial charge in [-0.3, -0.25) is 4.90 Å². The molecule has 0 atom stereocenters. The molecule has 0 amide bonds. The molecule has 0 unspecified atom stereocenters. The molecule has 10 heteroatoms. The fraction of sp³-hybridized carbons (Fsp3) is 0.400. The van der Waals surface area contributed by atoms with Gasteiger partial charge in [-0.25, -0.2) is 0 Å². The number of nitrogens with zero attached hydrogens (tertiary/aromatic N) is 2. The van der Waals surface area contributed by atoms with E-state index >= 15 is 0 Å². The molecule has 0 spiro atoms. The maximum Gasteiger partial charge on any atom is 0.573 e. The van der Waals surface area contributed by atoms with Crippen LogP contribution in [0.4, 0.5) is 26.3 Å². The number of hydrogen-bond donors (Lipinski definition) is 0. The minimum Gasteiger partial charge on any atom is -0.406 e. The first-order valence-corrected chi connectivity index (χ1v) is 9.14. The van der Waals surface area contributed by atoms with Gasteiger partial charge < -0.3 is 14.4 Å². The number of benzene rings is 2. The van der Waals surface area contributed by atoms with Crippen LogP contribution in [0.2, 0.25) is 0 Å². The summed E-state index contributed by atoms with van der Waals surface area (Å²) in [6, 6.07) is 10.7. The Bertz CT molecular complexity index is 754. The molecule has 0 N–H and O–H groups in total. The summed E-state index contributed by atoms with van der Waals surface area (Å²) in [4.78, 5) is 4.29. The average molecular weight is 434 g/mol. The Morgan fingerprint density at radius 2 is 1.03 bits per heavy atom. The second-order valence-corrected chi connectivity index (χ2v) is 6.98. The summed E-state index contributed by atoms with van der Waals surface area (Å²) in [5.41, 5.74) is 1.41. The number of likely N-dealkylation sites (N-methyl/N-ethyl adjacent to an activating group) is 1. The van der Waals surface area contributed by atoms with E-state index in [0.717, 1.165) is 13.1 Å². The van der Waals surface area contributed by atoms with Gasteiger partial charge in [0.05, 0.1) is 6.04 Å². The Labute approximate surface area is 169 Å². The Kier molecular flexibility index (Phi) is 6.47. The second kappa shape index (κ2) is 8.73. The normalized spacial score (nSPS) is 16.7. The first-order chi connectivity index (χ1) is 14.0. The maximum absolute atomic E-state index is 12.4. The topological polar surface area (TPSA) is 24.9 Å². The van der Waals surface area contributed by atoms with Crippen LogP contribution in [0, 0.1) is 0 Å². The van der Waals surface area contributed by atoms with Crippen LogP contribution < -0.4 is 9.47 Å². The summed E-state index contributed by atoms with van der Waals surface area (Å²) in [5.74, 6) is -0.672. The van der Waals surface area contributed by atoms with Crippen LogP contribution in [0.3, 0.4) is 0 Å². The zero-order valence-electron chi connectivity index (χ0n) is 16.0. The van der Waals surface area contributed by atoms with Gasteiger partial charge in [0.1, 0.15) is 11.5 Å². The first-order valence-electron chi connectivity index (χ1n) is 9.14. The summed E-state index contributed by atoms with van der Waals surface area (Å²) in [6.45, 7) is 2.98. The highest BCUT2D eigenvalue weighted by Crippen LogP contribution is 2.33. The molecule has 3 rings (SSSR count). The third kappa shape index (κ3) is 6.27. The highest BCUT2D eigenvalue weighted by Gasteiger charge is 2.32. The molecule has 0 aliphatic carbocycles. The lowest BCUT2D eigenvalue weighted by atomic mass is 9.96. The fourth-order valence-corrected chi connectivity index (χ4v) is 3.40. The molecule has 0 saturated carbocycles. The van der Waals surface area contributed by atoms with Crippen LogP contribution >= 0.6 is 0 Å². The Morgan fingerprint density at radius 1 is 0.667 bits per heavy atom. The van der Waals surface area contributed by atoms with Crippen molar-refractivity contribution in [2.24, 2.45) is 0 Å². The van der Waals surface area contributed by atoms with Gasteiger partial charge in [0.25, 0.3) is 0 Å². The van der Waals surface area contributed by atoms with E-state index in [9.17, 15) is 26.3 Å². The first kappa shape index (κ1) is 22.2. The second-order valence-electron chi connectivity index (χ2n) is 6.98. The molecule has 1 saturated heterocycles. The van der Waals surface area contributed by atoms with Crippen LogP contribution in [-0.4, -0.2) is 55.8 Å². The lowest BCUT2D eigenvalue weighted by Crippen LogP contribution is -2.46. The summed E-state index contributed by atoms with van der Waals surface area (Å²) in [7, 11) is 1.99. The van der Waals surface area contributed by atoms with Gasteiger partial charge in [0.15, 0.2) is 0 Å². The Morgan fingerprint density at radius 3 is 1.37 bits per heavy atom. The monoisotopic (exact) mass is 434 g/mol. The molecular formula is C20H20F6N2O2. The van der Waals surface area contributed by atoms with Crippen LogP contribution in [0.15, 0.2) is 48.5 Å². The van der Waals surface area contributed by atoms with Crippen molar-refractivity contribution in [1.29, 1.82) is 0 Å². The molecule has 30 heavy (non-hydrogen) atoms. The number of ether oxygens (including phenoxy) is 2. The highest BCUT2D eigenvalue weighted by atomic mass is 19.4. The third-order valence-electron chi connectivity index (χ3n) is 4.76. The van der Waals surface area contributed by atoms with Crippen LogP contribution in [0.5, 0.6) is 11.5 Å². The number of alkyl halides is 6. The van der Waals surface area contributed by atoms with Gasteiger partial charge in [0, 0.05) is 26.2 Å². The smallest absolute Gasteiger partial charge is 0.406 e. The Hall–Kier alpha value is -2.46. The maximum atomic E-state index is 12.4. The standard InChI is InChI=1S/C20H20F6N2O2/c1-27-10-12-28(13-11-27)18(14-2-6-16(7-3-14)29-19(21,22)23)15-4-8-17(9-5-15)30-20(24,25)26/h2-9,18H,10-13H2,1H3. The lowest BCUT2D eigenvalue weighted by molar-refractivity contribution is -0.275. The van der Waals surface area contributed by atoms with Gasteiger partial charge in [-0.1, -0.05) is 24.3 Å². The van der Waals surface area contributed by atoms with Crippen LogP contribution in [-0.2, 0) is 0 Å². The van der Waals surface area contributed by atoms with Gasteiger partial charge in [0.2, 0.25) is 0 Å². The lowest BCUT2D eigenvalue weighted by Gasteiger charge is -2.38. The van der Waals surface area contributed by atoms with E-state index < -0.39 is 12.7 Å². The van der Waals surface area contributed by atoms with E-state index in [2.05, 4.69) is 19.3 Å². The number of piperazine rings is 1. The predicted octanol–water partition coefficient (Wildman–Crippen LogP) is 4.82. The third-order valence-corrected chi connectivity index (χ3v) is 4.76. The van der Waals surface area contributed by atoms with Crippen molar-refractivity contribution >= 4 is 0 Å². The Balaban J connectivity index is 1.87. The van der Waals surface area contributed by atoms with Crippen LogP contribution in [0.1, 0.15) is 17.2 Å². The summed E-state index contributed by atoms with van der Waals surface area (Å²) < 4.78 is 82.4. The largest absolute Gasteiger partial charge is 0.573 e. The molecule has 0 aromatic heterocycles. The van der Waals surface area contributed by atoms with Crippen molar-refractivity contribution < 1.29 is 35.8 Å². The van der Waals surface area contributed by atoms with E-state index in [4.69, 9.17) is 0 Å². The minimum absolute atomic E-state index is 0.335. The summed E-state index contributed by atoms with van der Waals surface area (Å²) in [6.07, 6.45) is -9.57. The molecule has 0 bridgehead atoms. The van der Waals surface area contributed by atoms with Gasteiger partial charge in [-0.15, -0.1) is 26.3 Å². The van der Waals surface area contributed by atoms with Gasteiger partial charge >= 0.3 is 12.7 Å². The van der Waals surface area contributed by atoms with Crippen molar-refractivity contribution in [2.45, 2.75) is 18.8 Å². The van der Waals surface area contributed by atoms with E-state index in [1.165, 1.54) is 48.5 Å². The molecule has 2 aromatic carbocycles. The summed E-state index contributed by atoms with van der Waals surface area (Å²) in [5, 5.41) is 0. The zero-order valence-corrected chi connectivity index (χ0v) is 16.0. The number of rotatable bonds is 5. The highest BCUT2D eigenvalue weighted by molar-refractivity contribution is 5.38. The van der Waals surface area contributed by atoms with Crippen molar-refractivity contribution in [3.8, 4) is 11.5 Å². The van der Waals surface area contributed by atoms with E-state index in [0.29, 0.717) is 24.2 Å². The molecule has 0 radical (unpaired) electrons. The van der Waals surface area contributed by atoms with E-state index in [1.807, 2.05) is 7.05 Å². The molecule has 1 heterocycles. The van der Waals surface area contributed by atoms with Crippen molar-refractivity contribution in [2.75, 3.05) is 33.2 Å². The summed E-state index contributed by atoms with van der Waals surface area (Å²) >= 11 is 0. The van der Waals surface area contributed by atoms with Gasteiger partial charge in [-0.2, -0.15) is 0 Å². The van der Waals surface area contributed by atoms with Gasteiger partial charge in [-0.05, 0) is 42.4 Å². The van der Waals surface area contributed by atoms with Crippen molar-refractivity contribution in [3.63, 3.8) is 0 Å². The molecular weight excluding hydrogens is 414 g/mol. The predicted molar refractivity (Wildman–Crippen MR) is 97.2 cm³/mol. The molecule has 2 aromatic rings. The molecule has 164 valence electrons. The van der Waals surface area contributed by atoms with E-state index in [-0.39, 0.29) is 17.5 Å². The minimum atomic E-state index is -4.79. The molecule has 1 fully saturated rings. The molecule has 1 aliphatic heterocycles. The van der Waals surface area contributed by atoms with E-state index in [1.54, 1.807) is 0 Å². The van der Waals surface area contributed by atoms with Crippen LogP contribution in [0.25, 0.3) is 0 Å². The zero-order chi connectivity index (χ0) is 21.9. The SMILES string of the molecule is CN1CCN(C(c2ccc(OC(F)(F)F)cc2)c2ccc(OC(F)(F)F)cc2)CC1. The van der Waals surface area contributed by atoms with Crippen molar-refractivity contribution in [1.82, 2.24) is 9.80 Å². The molecule has 4 nitrogen and oxygen atoms in total. The quantitative estimate of drug-likeness (QED) is 0.630. The fourth-order valence-electron chi connectivity index (χ4n) is 3.40. The number of halogens is 6.